The molecule has 2 aromatic heterocycles. The van der Waals surface area contributed by atoms with Crippen LogP contribution in [0.2, 0.25) is 0 Å². The van der Waals surface area contributed by atoms with Gasteiger partial charge < -0.3 is 29.9 Å². The highest BCUT2D eigenvalue weighted by Crippen LogP contribution is 2.32. The second-order valence-electron chi connectivity index (χ2n) is 11.7. The molecule has 0 unspecified atom stereocenters. The molecule has 4 aromatic rings. The molecule has 46 heavy (non-hydrogen) atoms. The van der Waals surface area contributed by atoms with Crippen molar-refractivity contribution in [3.8, 4) is 17.1 Å². The summed E-state index contributed by atoms with van der Waals surface area (Å²) < 4.78 is 26.6. The second kappa shape index (κ2) is 13.3. The van der Waals surface area contributed by atoms with Crippen LogP contribution in [0.1, 0.15) is 16.9 Å². The number of halogens is 1. The normalized spacial score (nSPS) is 20.7. The fourth-order valence-corrected chi connectivity index (χ4v) is 6.04. The third-order valence-corrected chi connectivity index (χ3v) is 8.80. The zero-order valence-corrected chi connectivity index (χ0v) is 25.6. The van der Waals surface area contributed by atoms with Crippen molar-refractivity contribution in [1.82, 2.24) is 34.9 Å². The van der Waals surface area contributed by atoms with Crippen LogP contribution < -0.4 is 20.3 Å². The molecule has 1 amide bonds. The van der Waals surface area contributed by atoms with E-state index in [0.717, 1.165) is 50.6 Å². The van der Waals surface area contributed by atoms with E-state index in [2.05, 4.69) is 57.7 Å². The molecule has 0 aliphatic carbocycles. The van der Waals surface area contributed by atoms with Gasteiger partial charge in [-0.15, -0.1) is 0 Å². The van der Waals surface area contributed by atoms with Crippen molar-refractivity contribution in [2.24, 2.45) is 0 Å². The lowest BCUT2D eigenvalue weighted by Gasteiger charge is -2.43. The molecule has 0 saturated carbocycles. The highest BCUT2D eigenvalue weighted by atomic mass is 19.1. The molecule has 240 valence electrons. The number of carbonyl (C=O) groups excluding carboxylic acids is 1. The molecule has 0 spiro atoms. The van der Waals surface area contributed by atoms with E-state index in [1.807, 2.05) is 24.3 Å². The number of likely N-dealkylation sites (tertiary alicyclic amines) is 1. The molecule has 3 aliphatic heterocycles. The van der Waals surface area contributed by atoms with Gasteiger partial charge in [-0.1, -0.05) is 0 Å². The van der Waals surface area contributed by atoms with E-state index in [1.54, 1.807) is 19.2 Å². The van der Waals surface area contributed by atoms with Crippen molar-refractivity contribution < 1.29 is 18.7 Å². The van der Waals surface area contributed by atoms with Crippen LogP contribution in [0, 0.1) is 0 Å². The van der Waals surface area contributed by atoms with Crippen molar-refractivity contribution >= 4 is 28.9 Å². The second-order valence-corrected chi connectivity index (χ2v) is 11.7. The number of anilines is 4. The third-order valence-electron chi connectivity index (χ3n) is 8.80. The lowest BCUT2D eigenvalue weighted by atomic mass is 10.0. The number of rotatable bonds is 9. The summed E-state index contributed by atoms with van der Waals surface area (Å²) in [6, 6.07) is 16.0. The fourth-order valence-electron chi connectivity index (χ4n) is 6.04. The van der Waals surface area contributed by atoms with Gasteiger partial charge in [-0.2, -0.15) is 10.1 Å². The van der Waals surface area contributed by atoms with Crippen LogP contribution in [0.4, 0.5) is 27.4 Å². The van der Waals surface area contributed by atoms with Gasteiger partial charge in [0, 0.05) is 69.3 Å². The first-order valence-electron chi connectivity index (χ1n) is 15.6. The number of hydrogen-bond donors (Lipinski definition) is 3. The average Bonchev–Trinajstić information content (AvgIpc) is 3.61. The molecular weight excluding hydrogens is 591 g/mol. The molecule has 2 atom stereocenters. The summed E-state index contributed by atoms with van der Waals surface area (Å²) in [7, 11) is 1.78. The van der Waals surface area contributed by atoms with Crippen molar-refractivity contribution in [1.29, 1.82) is 0 Å². The maximum Gasteiger partial charge on any atom is 0.271 e. The molecule has 13 nitrogen and oxygen atoms in total. The number of piperidine rings is 1. The van der Waals surface area contributed by atoms with Crippen LogP contribution in [0.15, 0.2) is 61.1 Å². The topological polar surface area (TPSA) is 137 Å². The Morgan fingerprint density at radius 1 is 1.04 bits per heavy atom. The van der Waals surface area contributed by atoms with Crippen molar-refractivity contribution in [3.63, 3.8) is 0 Å². The van der Waals surface area contributed by atoms with Crippen LogP contribution in [0.3, 0.4) is 0 Å². The molecule has 14 heteroatoms. The number of alkyl halides is 1. The molecule has 3 N–H and O–H groups in total. The quantitative estimate of drug-likeness (QED) is 0.252. The van der Waals surface area contributed by atoms with Gasteiger partial charge >= 0.3 is 0 Å². The predicted octanol–water partition coefficient (Wildman–Crippen LogP) is 3.20. The minimum atomic E-state index is -1.34. The highest BCUT2D eigenvalue weighted by molar-refractivity contribution is 5.92. The molecule has 2 aromatic carbocycles. The minimum Gasteiger partial charge on any atom is -0.485 e. The fraction of sp³-hybridized carbons (Fsp3) is 0.406. The van der Waals surface area contributed by atoms with Crippen molar-refractivity contribution in [2.75, 3.05) is 75.1 Å². The maximum atomic E-state index is 15.2. The number of piperazine rings is 1. The summed E-state index contributed by atoms with van der Waals surface area (Å²) in [5, 5.41) is 12.9. The molecule has 3 fully saturated rings. The number of hydrogen-bond acceptors (Lipinski definition) is 11. The van der Waals surface area contributed by atoms with Crippen molar-refractivity contribution in [2.45, 2.75) is 24.7 Å². The van der Waals surface area contributed by atoms with Gasteiger partial charge in [-0.25, -0.2) is 14.4 Å². The predicted molar refractivity (Wildman–Crippen MR) is 171 cm³/mol. The van der Waals surface area contributed by atoms with Crippen molar-refractivity contribution in [3.05, 3.63) is 66.7 Å². The van der Waals surface area contributed by atoms with Crippen LogP contribution in [-0.2, 0) is 4.74 Å². The van der Waals surface area contributed by atoms with Crippen LogP contribution in [0.25, 0.3) is 11.4 Å². The van der Waals surface area contributed by atoms with Crippen LogP contribution in [-0.4, -0.2) is 119 Å². The molecule has 3 saturated heterocycles. The lowest BCUT2D eigenvalue weighted by Crippen LogP contribution is -2.56. The Labute approximate surface area is 266 Å². The number of amides is 1. The zero-order valence-electron chi connectivity index (χ0n) is 25.6. The molecular formula is C32H37FN10O3. The monoisotopic (exact) mass is 628 g/mol. The van der Waals surface area contributed by atoms with E-state index in [9.17, 15) is 4.79 Å². The van der Waals surface area contributed by atoms with Crippen LogP contribution in [0.5, 0.6) is 5.75 Å². The number of ether oxygens (including phenoxy) is 2. The number of benzene rings is 2. The Kier molecular flexibility index (Phi) is 8.62. The number of aromatic nitrogens is 5. The summed E-state index contributed by atoms with van der Waals surface area (Å²) in [6.45, 7) is 6.15. The van der Waals surface area contributed by atoms with E-state index >= 15 is 4.39 Å². The number of nitrogens with one attached hydrogen (secondary N) is 3. The first-order valence-corrected chi connectivity index (χ1v) is 15.6. The smallest absolute Gasteiger partial charge is 0.271 e. The Morgan fingerprint density at radius 3 is 2.57 bits per heavy atom. The molecule has 3 aliphatic rings. The molecule has 0 bridgehead atoms. The summed E-state index contributed by atoms with van der Waals surface area (Å²) >= 11 is 0. The van der Waals surface area contributed by atoms with Gasteiger partial charge in [0.25, 0.3) is 5.91 Å². The summed E-state index contributed by atoms with van der Waals surface area (Å²) in [5.74, 6) is 1.16. The maximum absolute atomic E-state index is 15.2. The SMILES string of the molecule is CNc1cc(-c2ncnc(Nc3ccc(N4CCN(C5COC5)CC4)cc3)n2)ccc1O[C@H]1CCN(C(=O)c2ccn[nH]2)C[C@H]1F. The van der Waals surface area contributed by atoms with Gasteiger partial charge in [0.05, 0.1) is 31.5 Å². The first kappa shape index (κ1) is 29.9. The van der Waals surface area contributed by atoms with E-state index < -0.39 is 12.3 Å². The zero-order chi connectivity index (χ0) is 31.5. The number of H-pyrrole nitrogens is 1. The third kappa shape index (κ3) is 6.44. The minimum absolute atomic E-state index is 0.0492. The van der Waals surface area contributed by atoms with Gasteiger partial charge in [-0.3, -0.25) is 14.8 Å². The van der Waals surface area contributed by atoms with E-state index in [1.165, 1.54) is 23.1 Å². The number of carbonyl (C=O) groups is 1. The van der Waals surface area contributed by atoms with Crippen LogP contribution >= 0.6 is 0 Å². The average molecular weight is 629 g/mol. The largest absolute Gasteiger partial charge is 0.485 e. The van der Waals surface area contributed by atoms with E-state index in [4.69, 9.17) is 9.47 Å². The van der Waals surface area contributed by atoms with Gasteiger partial charge in [0.1, 0.15) is 23.9 Å². The van der Waals surface area contributed by atoms with E-state index in [0.29, 0.717) is 47.9 Å². The number of nitrogens with zero attached hydrogens (tertiary/aromatic N) is 7. The Hall–Kier alpha value is -4.82. The Morgan fingerprint density at radius 2 is 1.87 bits per heavy atom. The molecule has 5 heterocycles. The number of aromatic amines is 1. The van der Waals surface area contributed by atoms with Gasteiger partial charge in [-0.05, 0) is 48.5 Å². The standard InChI is InChI=1S/C32H37FN10O3/c1-34-27-16-21(2-7-29(27)46-28-9-11-43(17-25(28)33)31(44)26-8-10-37-40-26)30-35-20-36-32(39-30)38-22-3-5-23(6-4-22)41-12-14-42(15-13-41)24-18-45-19-24/h2-8,10,16,20,24-25,28,34H,9,11-15,17-19H2,1H3,(H,37,40)(H,35,36,38,39)/t25-,28+/m1/s1. The van der Waals surface area contributed by atoms with E-state index in [-0.39, 0.29) is 12.5 Å². The highest BCUT2D eigenvalue weighted by Gasteiger charge is 2.34. The van der Waals surface area contributed by atoms with Gasteiger partial charge in [0.2, 0.25) is 5.95 Å². The lowest BCUT2D eigenvalue weighted by molar-refractivity contribution is -0.0660. The van der Waals surface area contributed by atoms with Gasteiger partial charge in [0.15, 0.2) is 12.0 Å². The summed E-state index contributed by atoms with van der Waals surface area (Å²) in [5.41, 5.74) is 3.84. The Balaban J connectivity index is 0.965. The molecule has 0 radical (unpaired) electrons. The summed E-state index contributed by atoms with van der Waals surface area (Å²) in [4.78, 5) is 32.3. The molecule has 7 rings (SSSR count). The summed E-state index contributed by atoms with van der Waals surface area (Å²) in [6.07, 6.45) is 1.31. The Bertz CT molecular complexity index is 1630. The first-order chi connectivity index (χ1) is 22.5.